The Labute approximate surface area is 117 Å². The summed E-state index contributed by atoms with van der Waals surface area (Å²) in [5, 5.41) is -0.120. The molecular formula is C16H14ClFO. The van der Waals surface area contributed by atoms with Gasteiger partial charge in [0.15, 0.2) is 5.78 Å². The fourth-order valence-electron chi connectivity index (χ4n) is 2.03. The van der Waals surface area contributed by atoms with Crippen molar-refractivity contribution < 1.29 is 9.18 Å². The van der Waals surface area contributed by atoms with Gasteiger partial charge in [0.1, 0.15) is 5.82 Å². The third kappa shape index (κ3) is 2.54. The van der Waals surface area contributed by atoms with Crippen LogP contribution in [-0.2, 0) is 0 Å². The Balaban J connectivity index is 2.56. The maximum Gasteiger partial charge on any atom is 0.194 e. The van der Waals surface area contributed by atoms with E-state index in [1.807, 2.05) is 32.9 Å². The molecule has 0 N–H and O–H groups in total. The Morgan fingerprint density at radius 2 is 1.63 bits per heavy atom. The van der Waals surface area contributed by atoms with Crippen LogP contribution in [-0.4, -0.2) is 5.78 Å². The van der Waals surface area contributed by atoms with Gasteiger partial charge in [0.25, 0.3) is 0 Å². The number of benzene rings is 2. The number of rotatable bonds is 2. The second kappa shape index (κ2) is 5.14. The quantitative estimate of drug-likeness (QED) is 0.731. The summed E-state index contributed by atoms with van der Waals surface area (Å²) in [5.74, 6) is -0.820. The zero-order valence-corrected chi connectivity index (χ0v) is 11.8. The molecule has 0 saturated carbocycles. The van der Waals surface area contributed by atoms with Gasteiger partial charge in [0.05, 0.1) is 5.02 Å². The van der Waals surface area contributed by atoms with E-state index < -0.39 is 5.82 Å². The van der Waals surface area contributed by atoms with Gasteiger partial charge in [-0.1, -0.05) is 23.7 Å². The summed E-state index contributed by atoms with van der Waals surface area (Å²) in [6, 6.07) is 8.06. The minimum Gasteiger partial charge on any atom is -0.289 e. The molecule has 0 radical (unpaired) electrons. The molecular weight excluding hydrogens is 263 g/mol. The summed E-state index contributed by atoms with van der Waals surface area (Å²) in [5.41, 5.74) is 3.79. The molecule has 19 heavy (non-hydrogen) atoms. The lowest BCUT2D eigenvalue weighted by Gasteiger charge is -2.10. The van der Waals surface area contributed by atoms with Crippen LogP contribution in [0.15, 0.2) is 30.3 Å². The van der Waals surface area contributed by atoms with Crippen LogP contribution in [0.1, 0.15) is 32.6 Å². The molecule has 3 heteroatoms. The molecule has 2 rings (SSSR count). The lowest BCUT2D eigenvalue weighted by Crippen LogP contribution is -2.06. The molecule has 2 aromatic rings. The Bertz CT molecular complexity index is 662. The Morgan fingerprint density at radius 3 is 2.32 bits per heavy atom. The van der Waals surface area contributed by atoms with Crippen molar-refractivity contribution in [1.29, 1.82) is 0 Å². The van der Waals surface area contributed by atoms with Crippen LogP contribution in [0.5, 0.6) is 0 Å². The smallest absolute Gasteiger partial charge is 0.194 e. The molecule has 0 aliphatic heterocycles. The third-order valence-electron chi connectivity index (χ3n) is 3.28. The van der Waals surface area contributed by atoms with E-state index in [2.05, 4.69) is 0 Å². The number of ketones is 1. The van der Waals surface area contributed by atoms with E-state index in [1.165, 1.54) is 12.1 Å². The van der Waals surface area contributed by atoms with Crippen LogP contribution in [0.2, 0.25) is 5.02 Å². The molecule has 0 saturated heterocycles. The van der Waals surface area contributed by atoms with Crippen LogP contribution >= 0.6 is 11.6 Å². The Kier molecular flexibility index (Phi) is 3.72. The SMILES string of the molecule is Cc1cc(C)c(C(=O)c2cccc(F)c2Cl)cc1C. The van der Waals surface area contributed by atoms with Gasteiger partial charge < -0.3 is 0 Å². The highest BCUT2D eigenvalue weighted by molar-refractivity contribution is 6.35. The number of halogens is 2. The molecule has 1 nitrogen and oxygen atoms in total. The maximum atomic E-state index is 13.4. The number of carbonyl (C=O) groups is 1. The van der Waals surface area contributed by atoms with Crippen molar-refractivity contribution in [2.75, 3.05) is 0 Å². The predicted octanol–water partition coefficient (Wildman–Crippen LogP) is 4.64. The van der Waals surface area contributed by atoms with Crippen molar-refractivity contribution in [2.45, 2.75) is 20.8 Å². The summed E-state index contributed by atoms with van der Waals surface area (Å²) in [7, 11) is 0. The topological polar surface area (TPSA) is 17.1 Å². The number of aryl methyl sites for hydroxylation is 3. The lowest BCUT2D eigenvalue weighted by atomic mass is 9.95. The van der Waals surface area contributed by atoms with E-state index in [1.54, 1.807) is 6.07 Å². The van der Waals surface area contributed by atoms with Crippen molar-refractivity contribution in [1.82, 2.24) is 0 Å². The molecule has 0 fully saturated rings. The van der Waals surface area contributed by atoms with Gasteiger partial charge in [0, 0.05) is 11.1 Å². The van der Waals surface area contributed by atoms with E-state index in [9.17, 15) is 9.18 Å². The van der Waals surface area contributed by atoms with Gasteiger partial charge >= 0.3 is 0 Å². The van der Waals surface area contributed by atoms with Crippen LogP contribution in [0.4, 0.5) is 4.39 Å². The normalized spacial score (nSPS) is 10.6. The molecule has 0 aliphatic rings. The van der Waals surface area contributed by atoms with Crippen molar-refractivity contribution in [3.8, 4) is 0 Å². The minimum absolute atomic E-state index is 0.120. The van der Waals surface area contributed by atoms with E-state index in [0.29, 0.717) is 5.56 Å². The molecule has 0 heterocycles. The van der Waals surface area contributed by atoms with Crippen molar-refractivity contribution in [2.24, 2.45) is 0 Å². The summed E-state index contributed by atoms with van der Waals surface area (Å²) < 4.78 is 13.4. The monoisotopic (exact) mass is 276 g/mol. The van der Waals surface area contributed by atoms with E-state index in [4.69, 9.17) is 11.6 Å². The van der Waals surface area contributed by atoms with E-state index in [-0.39, 0.29) is 16.4 Å². The lowest BCUT2D eigenvalue weighted by molar-refractivity contribution is 0.103. The van der Waals surface area contributed by atoms with Crippen molar-refractivity contribution in [3.05, 3.63) is 69.0 Å². The average molecular weight is 277 g/mol. The Hall–Kier alpha value is -1.67. The van der Waals surface area contributed by atoms with Gasteiger partial charge in [-0.2, -0.15) is 0 Å². The first-order chi connectivity index (χ1) is 8.91. The molecule has 0 amide bonds. The highest BCUT2D eigenvalue weighted by Gasteiger charge is 2.17. The Morgan fingerprint density at radius 1 is 1.00 bits per heavy atom. The molecule has 0 aromatic heterocycles. The second-order valence-corrected chi connectivity index (χ2v) is 5.06. The van der Waals surface area contributed by atoms with Crippen LogP contribution < -0.4 is 0 Å². The summed E-state index contributed by atoms with van der Waals surface area (Å²) in [6.45, 7) is 5.80. The minimum atomic E-state index is -0.575. The highest BCUT2D eigenvalue weighted by atomic mass is 35.5. The van der Waals surface area contributed by atoms with Crippen LogP contribution in [0, 0.1) is 26.6 Å². The first kappa shape index (κ1) is 13.8. The van der Waals surface area contributed by atoms with Crippen molar-refractivity contribution >= 4 is 17.4 Å². The second-order valence-electron chi connectivity index (χ2n) is 4.68. The molecule has 0 atom stereocenters. The maximum absolute atomic E-state index is 13.4. The van der Waals surface area contributed by atoms with Gasteiger partial charge in [-0.25, -0.2) is 4.39 Å². The predicted molar refractivity (Wildman–Crippen MR) is 75.5 cm³/mol. The fourth-order valence-corrected chi connectivity index (χ4v) is 2.24. The summed E-state index contributed by atoms with van der Waals surface area (Å²) in [4.78, 5) is 12.5. The molecule has 0 unspecified atom stereocenters. The number of carbonyl (C=O) groups excluding carboxylic acids is 1. The first-order valence-corrected chi connectivity index (χ1v) is 6.36. The number of hydrogen-bond acceptors (Lipinski definition) is 1. The van der Waals surface area contributed by atoms with Crippen molar-refractivity contribution in [3.63, 3.8) is 0 Å². The molecule has 0 spiro atoms. The zero-order chi connectivity index (χ0) is 14.2. The largest absolute Gasteiger partial charge is 0.289 e. The molecule has 0 bridgehead atoms. The first-order valence-electron chi connectivity index (χ1n) is 5.98. The zero-order valence-electron chi connectivity index (χ0n) is 11.1. The van der Waals surface area contributed by atoms with Gasteiger partial charge in [0.2, 0.25) is 0 Å². The average Bonchev–Trinajstić information content (AvgIpc) is 2.36. The molecule has 0 aliphatic carbocycles. The van der Waals surface area contributed by atoms with Gasteiger partial charge in [-0.15, -0.1) is 0 Å². The van der Waals surface area contributed by atoms with Gasteiger partial charge in [-0.05, 0) is 55.7 Å². The van der Waals surface area contributed by atoms with Gasteiger partial charge in [-0.3, -0.25) is 4.79 Å². The standard InChI is InChI=1S/C16H14ClFO/c1-9-7-11(3)13(8-10(9)2)16(19)12-5-4-6-14(18)15(12)17/h4-8H,1-3H3. The van der Waals surface area contributed by atoms with Crippen LogP contribution in [0.3, 0.4) is 0 Å². The van der Waals surface area contributed by atoms with E-state index >= 15 is 0 Å². The van der Waals surface area contributed by atoms with E-state index in [0.717, 1.165) is 16.7 Å². The summed E-state index contributed by atoms with van der Waals surface area (Å²) in [6.07, 6.45) is 0. The number of hydrogen-bond donors (Lipinski definition) is 0. The summed E-state index contributed by atoms with van der Waals surface area (Å²) >= 11 is 5.87. The highest BCUT2D eigenvalue weighted by Crippen LogP contribution is 2.25. The fraction of sp³-hybridized carbons (Fsp3) is 0.188. The molecule has 98 valence electrons. The third-order valence-corrected chi connectivity index (χ3v) is 3.67. The van der Waals surface area contributed by atoms with Crippen LogP contribution in [0.25, 0.3) is 0 Å². The molecule has 2 aromatic carbocycles.